The maximum Gasteiger partial charge on any atom is 0.408 e. The van der Waals surface area contributed by atoms with Crippen molar-refractivity contribution in [3.05, 3.63) is 77.8 Å². The van der Waals surface area contributed by atoms with Gasteiger partial charge in [0.2, 0.25) is 0 Å². The van der Waals surface area contributed by atoms with E-state index in [0.717, 1.165) is 36.4 Å². The van der Waals surface area contributed by atoms with Crippen molar-refractivity contribution in [2.45, 2.75) is 6.18 Å². The average Bonchev–Trinajstić information content (AvgIpc) is 2.69. The van der Waals surface area contributed by atoms with Crippen LogP contribution in [0.15, 0.2) is 66.1 Å². The second-order valence-electron chi connectivity index (χ2n) is 6.86. The quantitative estimate of drug-likeness (QED) is 0.372. The van der Waals surface area contributed by atoms with Crippen LogP contribution in [0.1, 0.15) is 0 Å². The normalized spacial score (nSPS) is 19.3. The zero-order chi connectivity index (χ0) is 23.7. The summed E-state index contributed by atoms with van der Waals surface area (Å²) in [6.45, 7) is -1.07. The Hall–Kier alpha value is -2.83. The highest BCUT2D eigenvalue weighted by atomic mass is 32.2. The molecule has 1 aliphatic heterocycles. The first-order valence-corrected chi connectivity index (χ1v) is 10.7. The second kappa shape index (κ2) is 8.60. The van der Waals surface area contributed by atoms with Crippen molar-refractivity contribution in [2.75, 3.05) is 18.8 Å². The molecule has 0 saturated heterocycles. The summed E-state index contributed by atoms with van der Waals surface area (Å²) >= 11 is 0. The molecule has 0 aliphatic carbocycles. The first-order valence-electron chi connectivity index (χ1n) is 9.07. The Balaban J connectivity index is 2.07. The van der Waals surface area contributed by atoms with Gasteiger partial charge in [0.15, 0.2) is 23.0 Å². The predicted molar refractivity (Wildman–Crippen MR) is 106 cm³/mol. The Morgan fingerprint density at radius 1 is 1.03 bits per heavy atom. The van der Waals surface area contributed by atoms with Gasteiger partial charge in [0.25, 0.3) is 0 Å². The van der Waals surface area contributed by atoms with E-state index in [4.69, 9.17) is 10.5 Å². The number of sulfonamides is 1. The Morgan fingerprint density at radius 3 is 2.25 bits per heavy atom. The third-order valence-corrected chi connectivity index (χ3v) is 6.84. The third kappa shape index (κ3) is 4.52. The monoisotopic (exact) mass is 479 g/mol. The SMILES string of the molecule is NCC1=C(F)[N+](c2ccc(Oc3ccc(F)cc3F)cc2)(S(=O)(=O)CC(F)(F)F)CC=C1. The number of quaternary nitrogens is 1. The van der Waals surface area contributed by atoms with Crippen LogP contribution in [-0.4, -0.2) is 33.4 Å². The van der Waals surface area contributed by atoms with E-state index >= 15 is 4.39 Å². The van der Waals surface area contributed by atoms with E-state index in [-0.39, 0.29) is 22.8 Å². The molecule has 1 atom stereocenters. The number of nitrogens with two attached hydrogens (primary N) is 1. The lowest BCUT2D eigenvalue weighted by Gasteiger charge is -2.35. The molecular weight excluding hydrogens is 462 g/mol. The van der Waals surface area contributed by atoms with E-state index in [9.17, 15) is 30.4 Å². The smallest absolute Gasteiger partial charge is 0.408 e. The number of hydrogen-bond donors (Lipinski definition) is 1. The topological polar surface area (TPSA) is 69.4 Å². The van der Waals surface area contributed by atoms with Gasteiger partial charge in [-0.3, -0.25) is 0 Å². The Labute approximate surface area is 179 Å². The summed E-state index contributed by atoms with van der Waals surface area (Å²) in [4.78, 5) is 0. The number of nitrogens with zero attached hydrogens (tertiary/aromatic N) is 1. The molecule has 0 aromatic heterocycles. The molecule has 32 heavy (non-hydrogen) atoms. The number of hydrogen-bond acceptors (Lipinski definition) is 4. The Kier molecular flexibility index (Phi) is 6.40. The summed E-state index contributed by atoms with van der Waals surface area (Å²) in [6, 6.07) is 6.93. The molecule has 0 fully saturated rings. The number of rotatable bonds is 6. The van der Waals surface area contributed by atoms with E-state index in [1.807, 2.05) is 0 Å². The highest BCUT2D eigenvalue weighted by Gasteiger charge is 2.55. The van der Waals surface area contributed by atoms with E-state index < -0.39 is 56.5 Å². The number of benzene rings is 2. The number of halogens is 6. The molecule has 1 unspecified atom stereocenters. The standard InChI is InChI=1S/C20H17F6N2O3S/c21-14-3-8-18(17(22)10-14)31-16-6-4-15(5-7-16)28(32(29,30)12-20(24,25)26)9-1-2-13(11-27)19(28)23/h1-8,10H,9,11-12,27H2/q+1. The zero-order valence-electron chi connectivity index (χ0n) is 16.2. The van der Waals surface area contributed by atoms with Crippen LogP contribution in [0.3, 0.4) is 0 Å². The van der Waals surface area contributed by atoms with Crippen LogP contribution < -0.4 is 14.4 Å². The summed E-state index contributed by atoms with van der Waals surface area (Å²) < 4.78 is 110. The lowest BCUT2D eigenvalue weighted by Crippen LogP contribution is -2.56. The van der Waals surface area contributed by atoms with Crippen molar-refractivity contribution in [1.29, 1.82) is 0 Å². The van der Waals surface area contributed by atoms with Crippen molar-refractivity contribution in [2.24, 2.45) is 5.73 Å². The van der Waals surface area contributed by atoms with Gasteiger partial charge >= 0.3 is 22.2 Å². The van der Waals surface area contributed by atoms with Gasteiger partial charge < -0.3 is 10.5 Å². The fourth-order valence-electron chi connectivity index (χ4n) is 3.25. The van der Waals surface area contributed by atoms with Gasteiger partial charge in [-0.25, -0.2) is 8.78 Å². The van der Waals surface area contributed by atoms with Crippen LogP contribution in [-0.2, 0) is 10.0 Å². The Morgan fingerprint density at radius 2 is 1.69 bits per heavy atom. The molecule has 172 valence electrons. The van der Waals surface area contributed by atoms with E-state index in [1.165, 1.54) is 12.2 Å². The average molecular weight is 479 g/mol. The fraction of sp³-hybridized carbons (Fsp3) is 0.200. The minimum atomic E-state index is -5.20. The van der Waals surface area contributed by atoms with Crippen LogP contribution in [0.25, 0.3) is 0 Å². The summed E-state index contributed by atoms with van der Waals surface area (Å²) in [7, 11) is -5.20. The molecular formula is C20H17F6N2O3S+. The van der Waals surface area contributed by atoms with E-state index in [2.05, 4.69) is 0 Å². The van der Waals surface area contributed by atoms with Crippen molar-refractivity contribution in [3.63, 3.8) is 0 Å². The van der Waals surface area contributed by atoms with E-state index in [0.29, 0.717) is 6.07 Å². The molecule has 0 saturated carbocycles. The summed E-state index contributed by atoms with van der Waals surface area (Å²) in [6.07, 6.45) is -2.68. The summed E-state index contributed by atoms with van der Waals surface area (Å²) in [5.41, 5.74) is 4.83. The van der Waals surface area contributed by atoms with Crippen LogP contribution in [0.2, 0.25) is 0 Å². The molecule has 12 heteroatoms. The number of alkyl halides is 3. The van der Waals surface area contributed by atoms with Gasteiger partial charge in [0, 0.05) is 24.7 Å². The fourth-order valence-corrected chi connectivity index (χ4v) is 5.00. The van der Waals surface area contributed by atoms with Gasteiger partial charge in [-0.05, 0) is 36.4 Å². The predicted octanol–water partition coefficient (Wildman–Crippen LogP) is 4.67. The van der Waals surface area contributed by atoms with Gasteiger partial charge in [0.05, 0.1) is 5.57 Å². The molecule has 1 aliphatic rings. The lowest BCUT2D eigenvalue weighted by atomic mass is 10.1. The Bertz CT molecular complexity index is 1180. The first kappa shape index (κ1) is 23.8. The van der Waals surface area contributed by atoms with Crippen LogP contribution >= 0.6 is 0 Å². The molecule has 5 nitrogen and oxygen atoms in total. The van der Waals surface area contributed by atoms with Gasteiger partial charge in [-0.2, -0.15) is 21.6 Å². The molecule has 0 spiro atoms. The highest BCUT2D eigenvalue weighted by Crippen LogP contribution is 2.41. The lowest BCUT2D eigenvalue weighted by molar-refractivity contribution is -0.106. The van der Waals surface area contributed by atoms with Gasteiger partial charge in [0.1, 0.15) is 18.1 Å². The first-order chi connectivity index (χ1) is 14.9. The van der Waals surface area contributed by atoms with Gasteiger partial charge in [-0.15, -0.1) is 8.28 Å². The number of ether oxygens (including phenoxy) is 1. The maximum absolute atomic E-state index is 15.3. The molecule has 1 heterocycles. The molecule has 0 radical (unpaired) electrons. The molecule has 3 rings (SSSR count). The van der Waals surface area contributed by atoms with Crippen molar-refractivity contribution in [3.8, 4) is 11.5 Å². The van der Waals surface area contributed by atoms with Crippen molar-refractivity contribution >= 4 is 15.7 Å². The molecule has 0 bridgehead atoms. The van der Waals surface area contributed by atoms with Crippen LogP contribution in [0, 0.1) is 11.6 Å². The third-order valence-electron chi connectivity index (χ3n) is 4.68. The molecule has 2 N–H and O–H groups in total. The maximum atomic E-state index is 15.3. The van der Waals surface area contributed by atoms with Crippen molar-refractivity contribution < 1.29 is 39.5 Å². The minimum Gasteiger partial charge on any atom is -0.454 e. The summed E-state index contributed by atoms with van der Waals surface area (Å²) in [5.74, 6) is -5.84. The van der Waals surface area contributed by atoms with Crippen LogP contribution in [0.5, 0.6) is 11.5 Å². The highest BCUT2D eigenvalue weighted by molar-refractivity contribution is 7.91. The van der Waals surface area contributed by atoms with Crippen molar-refractivity contribution in [1.82, 2.24) is 3.89 Å². The molecule has 0 amide bonds. The molecule has 2 aromatic rings. The van der Waals surface area contributed by atoms with Crippen LogP contribution in [0.4, 0.5) is 32.0 Å². The minimum absolute atomic E-state index is 0.0402. The second-order valence-corrected chi connectivity index (χ2v) is 8.93. The van der Waals surface area contributed by atoms with E-state index in [1.54, 1.807) is 0 Å². The largest absolute Gasteiger partial charge is 0.454 e. The van der Waals surface area contributed by atoms with Gasteiger partial charge in [-0.1, -0.05) is 0 Å². The zero-order valence-corrected chi connectivity index (χ0v) is 17.1. The molecule has 2 aromatic carbocycles. The summed E-state index contributed by atoms with van der Waals surface area (Å²) in [5, 5.41) is 0.